The maximum Gasteiger partial charge on any atom is 0.216 e. The van der Waals surface area contributed by atoms with Gasteiger partial charge in [-0.1, -0.05) is 30.3 Å². The Balaban J connectivity index is 2.35. The van der Waals surface area contributed by atoms with E-state index < -0.39 is 0 Å². The summed E-state index contributed by atoms with van der Waals surface area (Å²) in [5.74, 6) is 0.795. The van der Waals surface area contributed by atoms with E-state index in [-0.39, 0.29) is 11.5 Å². The molecule has 3 aromatic carbocycles. The molecule has 0 aromatic heterocycles. The number of hydrogen-bond acceptors (Lipinski definition) is 3. The van der Waals surface area contributed by atoms with Crippen LogP contribution in [0.4, 0.5) is 0 Å². The summed E-state index contributed by atoms with van der Waals surface area (Å²) in [6.45, 7) is 0. The number of aromatic hydroxyl groups is 2. The first-order valence-electron chi connectivity index (χ1n) is 5.34. The van der Waals surface area contributed by atoms with Gasteiger partial charge in [-0.05, 0) is 16.8 Å². The van der Waals surface area contributed by atoms with Crippen LogP contribution in [0.1, 0.15) is 0 Å². The Labute approximate surface area is 96.5 Å². The van der Waals surface area contributed by atoms with Crippen molar-refractivity contribution in [3.05, 3.63) is 36.4 Å². The summed E-state index contributed by atoms with van der Waals surface area (Å²) in [6, 6.07) is 11.6. The SMILES string of the molecule is Oc1c2c(c3ccc4ccccc4c3c1O)O2. The molecule has 0 spiro atoms. The number of fused-ring (bicyclic) bond motifs is 5. The first-order valence-corrected chi connectivity index (χ1v) is 5.34. The molecule has 17 heavy (non-hydrogen) atoms. The molecule has 0 aliphatic carbocycles. The summed E-state index contributed by atoms with van der Waals surface area (Å²) in [7, 11) is 0. The van der Waals surface area contributed by atoms with E-state index in [2.05, 4.69) is 0 Å². The molecule has 0 fully saturated rings. The fourth-order valence-electron chi connectivity index (χ4n) is 2.35. The molecule has 3 nitrogen and oxygen atoms in total. The molecular formula is C14H8O3. The average Bonchev–Trinajstić information content (AvgIpc) is 3.15. The summed E-state index contributed by atoms with van der Waals surface area (Å²) in [4.78, 5) is 0. The highest BCUT2D eigenvalue weighted by atomic mass is 16.6. The van der Waals surface area contributed by atoms with Crippen molar-refractivity contribution in [3.63, 3.8) is 0 Å². The lowest BCUT2D eigenvalue weighted by molar-refractivity contribution is 0.403. The first-order chi connectivity index (χ1) is 8.27. The predicted molar refractivity (Wildman–Crippen MR) is 64.9 cm³/mol. The lowest BCUT2D eigenvalue weighted by atomic mass is 10.0. The topological polar surface area (TPSA) is 53.0 Å². The smallest absolute Gasteiger partial charge is 0.216 e. The van der Waals surface area contributed by atoms with E-state index in [1.165, 1.54) is 0 Å². The molecule has 3 heteroatoms. The highest BCUT2D eigenvalue weighted by Crippen LogP contribution is 2.61. The van der Waals surface area contributed by atoms with Crippen molar-refractivity contribution in [1.82, 2.24) is 0 Å². The zero-order valence-corrected chi connectivity index (χ0v) is 8.77. The van der Waals surface area contributed by atoms with Crippen molar-refractivity contribution in [3.8, 4) is 23.0 Å². The fourth-order valence-corrected chi connectivity index (χ4v) is 2.35. The van der Waals surface area contributed by atoms with E-state index in [0.717, 1.165) is 16.2 Å². The van der Waals surface area contributed by atoms with Crippen LogP contribution in [0.3, 0.4) is 0 Å². The lowest BCUT2D eigenvalue weighted by Gasteiger charge is -2.04. The molecule has 3 aromatic rings. The molecule has 2 N–H and O–H groups in total. The molecular weight excluding hydrogens is 216 g/mol. The second kappa shape index (κ2) is 2.63. The predicted octanol–water partition coefficient (Wildman–Crippen LogP) is 3.51. The molecule has 0 bridgehead atoms. The van der Waals surface area contributed by atoms with Gasteiger partial charge in [0.25, 0.3) is 0 Å². The molecule has 0 saturated carbocycles. The number of benzene rings is 3. The van der Waals surface area contributed by atoms with Crippen LogP contribution in [0, 0.1) is 0 Å². The Morgan fingerprint density at radius 1 is 0.765 bits per heavy atom. The highest BCUT2D eigenvalue weighted by molar-refractivity contribution is 6.16. The number of phenolic OH excluding ortho intramolecular Hbond substituents is 2. The van der Waals surface area contributed by atoms with Crippen molar-refractivity contribution in [2.24, 2.45) is 0 Å². The zero-order valence-electron chi connectivity index (χ0n) is 8.77. The Hall–Kier alpha value is -2.42. The summed E-state index contributed by atoms with van der Waals surface area (Å²) in [5.41, 5.74) is 0. The van der Waals surface area contributed by atoms with Gasteiger partial charge in [0.15, 0.2) is 11.5 Å². The molecule has 0 saturated heterocycles. The maximum atomic E-state index is 10.0. The molecule has 1 heterocycles. The molecule has 0 amide bonds. The van der Waals surface area contributed by atoms with Gasteiger partial charge < -0.3 is 14.9 Å². The van der Waals surface area contributed by atoms with Crippen LogP contribution in [0.5, 0.6) is 23.0 Å². The second-order valence-corrected chi connectivity index (χ2v) is 4.17. The summed E-state index contributed by atoms with van der Waals surface area (Å²) < 4.78 is 5.20. The summed E-state index contributed by atoms with van der Waals surface area (Å²) >= 11 is 0. The molecule has 0 unspecified atom stereocenters. The van der Waals surface area contributed by atoms with Crippen molar-refractivity contribution in [2.45, 2.75) is 0 Å². The highest BCUT2D eigenvalue weighted by Gasteiger charge is 2.32. The van der Waals surface area contributed by atoms with Crippen LogP contribution >= 0.6 is 0 Å². The quantitative estimate of drug-likeness (QED) is 0.273. The van der Waals surface area contributed by atoms with Crippen molar-refractivity contribution in [2.75, 3.05) is 0 Å². The number of ether oxygens (including phenoxy) is 1. The summed E-state index contributed by atoms with van der Waals surface area (Å²) in [6.07, 6.45) is 0. The largest absolute Gasteiger partial charge is 0.504 e. The third-order valence-corrected chi connectivity index (χ3v) is 3.22. The van der Waals surface area contributed by atoms with E-state index >= 15 is 0 Å². The molecule has 1 aliphatic rings. The van der Waals surface area contributed by atoms with Gasteiger partial charge in [-0.2, -0.15) is 0 Å². The average molecular weight is 224 g/mol. The van der Waals surface area contributed by atoms with E-state index in [1.54, 1.807) is 0 Å². The Morgan fingerprint density at radius 2 is 1.59 bits per heavy atom. The standard InChI is InChI=1S/C14H8O3/c15-11-10-8-4-2-1-3-7(8)5-6-9(10)13-14(17-13)12(11)16/h1-6,15-16H. The normalized spacial score (nSPS) is 12.5. The van der Waals surface area contributed by atoms with Gasteiger partial charge in [0.05, 0.1) is 0 Å². The van der Waals surface area contributed by atoms with Crippen LogP contribution < -0.4 is 4.74 Å². The molecule has 4 rings (SSSR count). The van der Waals surface area contributed by atoms with Gasteiger partial charge >= 0.3 is 0 Å². The van der Waals surface area contributed by atoms with Gasteiger partial charge in [-0.3, -0.25) is 0 Å². The number of phenols is 2. The molecule has 1 aliphatic heterocycles. The van der Waals surface area contributed by atoms with Gasteiger partial charge in [0.2, 0.25) is 11.5 Å². The third kappa shape index (κ3) is 0.959. The van der Waals surface area contributed by atoms with Gasteiger partial charge in [0.1, 0.15) is 0 Å². The minimum atomic E-state index is -0.163. The van der Waals surface area contributed by atoms with Gasteiger partial charge in [-0.15, -0.1) is 0 Å². The number of rotatable bonds is 0. The van der Waals surface area contributed by atoms with E-state index in [4.69, 9.17) is 4.74 Å². The molecule has 0 radical (unpaired) electrons. The Bertz CT molecular complexity index is 790. The third-order valence-electron chi connectivity index (χ3n) is 3.22. The first kappa shape index (κ1) is 8.70. The zero-order chi connectivity index (χ0) is 11.6. The maximum absolute atomic E-state index is 10.0. The second-order valence-electron chi connectivity index (χ2n) is 4.17. The van der Waals surface area contributed by atoms with Crippen LogP contribution in [-0.2, 0) is 0 Å². The van der Waals surface area contributed by atoms with Crippen LogP contribution in [-0.4, -0.2) is 10.2 Å². The van der Waals surface area contributed by atoms with Gasteiger partial charge in [0, 0.05) is 10.8 Å². The van der Waals surface area contributed by atoms with E-state index in [1.807, 2.05) is 36.4 Å². The van der Waals surface area contributed by atoms with Crippen molar-refractivity contribution < 1.29 is 14.9 Å². The monoisotopic (exact) mass is 224 g/mol. The molecule has 0 atom stereocenters. The number of hydrogen-bond donors (Lipinski definition) is 2. The Kier molecular flexibility index (Phi) is 1.35. The van der Waals surface area contributed by atoms with Crippen molar-refractivity contribution in [1.29, 1.82) is 0 Å². The summed E-state index contributed by atoms with van der Waals surface area (Å²) in [5, 5.41) is 23.2. The molecule has 82 valence electrons. The Morgan fingerprint density at radius 3 is 2.47 bits per heavy atom. The van der Waals surface area contributed by atoms with Crippen molar-refractivity contribution >= 4 is 21.5 Å². The van der Waals surface area contributed by atoms with Gasteiger partial charge in [-0.25, -0.2) is 0 Å². The van der Waals surface area contributed by atoms with E-state index in [9.17, 15) is 10.2 Å². The van der Waals surface area contributed by atoms with Crippen LogP contribution in [0.2, 0.25) is 0 Å². The fraction of sp³-hybridized carbons (Fsp3) is 0. The van der Waals surface area contributed by atoms with Crippen LogP contribution in [0.15, 0.2) is 36.4 Å². The minimum Gasteiger partial charge on any atom is -0.504 e. The minimum absolute atomic E-state index is 0.104. The van der Waals surface area contributed by atoms with E-state index in [0.29, 0.717) is 16.9 Å². The lowest BCUT2D eigenvalue weighted by Crippen LogP contribution is -1.76. The van der Waals surface area contributed by atoms with Crippen LogP contribution in [0.25, 0.3) is 21.5 Å².